The van der Waals surface area contributed by atoms with Gasteiger partial charge in [0.25, 0.3) is 0 Å². The molecule has 0 radical (unpaired) electrons. The fourth-order valence-corrected chi connectivity index (χ4v) is 2.35. The molecule has 0 fully saturated rings. The molecule has 7 heteroatoms. The van der Waals surface area contributed by atoms with Crippen molar-refractivity contribution in [2.75, 3.05) is 0 Å². The van der Waals surface area contributed by atoms with E-state index < -0.39 is 7.82 Å². The first kappa shape index (κ1) is 11.2. The van der Waals surface area contributed by atoms with Crippen LogP contribution in [-0.2, 0) is 4.57 Å². The zero-order valence-electron chi connectivity index (χ0n) is 6.15. The minimum absolute atomic E-state index is 0.108. The molecule has 0 bridgehead atoms. The van der Waals surface area contributed by atoms with Gasteiger partial charge in [0, 0.05) is 4.47 Å². The van der Waals surface area contributed by atoms with Gasteiger partial charge in [-0.25, -0.2) is 4.57 Å². The summed E-state index contributed by atoms with van der Waals surface area (Å²) in [6, 6.07) is 4.70. The monoisotopic (exact) mass is 330 g/mol. The molecule has 0 saturated heterocycles. The van der Waals surface area contributed by atoms with Gasteiger partial charge in [0.05, 0.1) is 4.47 Å². The van der Waals surface area contributed by atoms with Crippen LogP contribution in [0.5, 0.6) is 5.75 Å². The summed E-state index contributed by atoms with van der Waals surface area (Å²) in [4.78, 5) is 17.0. The minimum Gasteiger partial charge on any atom is -0.403 e. The van der Waals surface area contributed by atoms with E-state index in [1.807, 2.05) is 0 Å². The van der Waals surface area contributed by atoms with Crippen molar-refractivity contribution in [2.24, 2.45) is 0 Å². The highest BCUT2D eigenvalue weighted by Crippen LogP contribution is 2.41. The highest BCUT2D eigenvalue weighted by atomic mass is 79.9. The summed E-state index contributed by atoms with van der Waals surface area (Å²) in [5.41, 5.74) is 0. The van der Waals surface area contributed by atoms with Crippen LogP contribution in [-0.4, -0.2) is 9.79 Å². The van der Waals surface area contributed by atoms with Gasteiger partial charge in [-0.15, -0.1) is 0 Å². The van der Waals surface area contributed by atoms with Crippen LogP contribution in [0.15, 0.2) is 27.1 Å². The minimum atomic E-state index is -4.47. The molecule has 72 valence electrons. The Morgan fingerprint density at radius 1 is 1.31 bits per heavy atom. The van der Waals surface area contributed by atoms with Crippen molar-refractivity contribution < 1.29 is 18.9 Å². The first-order valence-corrected chi connectivity index (χ1v) is 6.20. The van der Waals surface area contributed by atoms with Crippen LogP contribution in [0.25, 0.3) is 0 Å². The van der Waals surface area contributed by atoms with Crippen LogP contribution in [0.2, 0.25) is 0 Å². The van der Waals surface area contributed by atoms with Crippen LogP contribution in [0.3, 0.4) is 0 Å². The van der Waals surface area contributed by atoms with Crippen LogP contribution in [0, 0.1) is 0 Å². The van der Waals surface area contributed by atoms with E-state index in [9.17, 15) is 4.57 Å². The molecule has 2 N–H and O–H groups in total. The van der Waals surface area contributed by atoms with E-state index in [4.69, 9.17) is 9.79 Å². The van der Waals surface area contributed by atoms with Crippen LogP contribution in [0.4, 0.5) is 0 Å². The number of phosphoric acid groups is 1. The zero-order valence-corrected chi connectivity index (χ0v) is 10.2. The molecular formula is C6H5Br2O4P. The Labute approximate surface area is 91.4 Å². The molecule has 0 amide bonds. The lowest BCUT2D eigenvalue weighted by Crippen LogP contribution is -1.90. The van der Waals surface area contributed by atoms with E-state index in [2.05, 4.69) is 36.4 Å². The number of halogens is 2. The molecular weight excluding hydrogens is 327 g/mol. The van der Waals surface area contributed by atoms with Gasteiger partial charge < -0.3 is 4.52 Å². The molecule has 0 unspecified atom stereocenters. The molecule has 1 aromatic carbocycles. The lowest BCUT2D eigenvalue weighted by molar-refractivity contribution is 0.282. The first-order chi connectivity index (χ1) is 5.88. The van der Waals surface area contributed by atoms with Gasteiger partial charge in [-0.05, 0) is 34.1 Å². The van der Waals surface area contributed by atoms with Gasteiger partial charge in [0.15, 0.2) is 0 Å². The third-order valence-electron chi connectivity index (χ3n) is 1.11. The Morgan fingerprint density at radius 2 is 1.92 bits per heavy atom. The number of hydrogen-bond acceptors (Lipinski definition) is 2. The Balaban J connectivity index is 2.97. The van der Waals surface area contributed by atoms with Gasteiger partial charge in [0.1, 0.15) is 5.75 Å². The maximum atomic E-state index is 10.5. The van der Waals surface area contributed by atoms with E-state index in [1.54, 1.807) is 12.1 Å². The average Bonchev–Trinajstić information content (AvgIpc) is 1.93. The summed E-state index contributed by atoms with van der Waals surface area (Å²) >= 11 is 6.30. The maximum Gasteiger partial charge on any atom is 0.524 e. The van der Waals surface area contributed by atoms with E-state index in [-0.39, 0.29) is 5.75 Å². The molecule has 0 heterocycles. The van der Waals surface area contributed by atoms with Crippen LogP contribution < -0.4 is 4.52 Å². The second kappa shape index (κ2) is 4.11. The predicted molar refractivity (Wildman–Crippen MR) is 54.5 cm³/mol. The Bertz CT molecular complexity index is 362. The molecule has 0 atom stereocenters. The van der Waals surface area contributed by atoms with Crippen molar-refractivity contribution in [3.8, 4) is 5.75 Å². The highest BCUT2D eigenvalue weighted by Gasteiger charge is 2.17. The van der Waals surface area contributed by atoms with Crippen LogP contribution >= 0.6 is 39.7 Å². The highest BCUT2D eigenvalue weighted by molar-refractivity contribution is 9.11. The molecule has 0 aliphatic rings. The normalized spacial score (nSPS) is 11.4. The summed E-state index contributed by atoms with van der Waals surface area (Å²) < 4.78 is 16.1. The predicted octanol–water partition coefficient (Wildman–Crippen LogP) is 2.68. The fourth-order valence-electron chi connectivity index (χ4n) is 0.677. The van der Waals surface area contributed by atoms with Crippen molar-refractivity contribution in [1.82, 2.24) is 0 Å². The van der Waals surface area contributed by atoms with Gasteiger partial charge in [0.2, 0.25) is 0 Å². The largest absolute Gasteiger partial charge is 0.524 e. The Hall–Kier alpha value is 0.130. The Kier molecular flexibility index (Phi) is 3.54. The average molecular weight is 332 g/mol. The quantitative estimate of drug-likeness (QED) is 0.818. The molecule has 0 aliphatic carbocycles. The van der Waals surface area contributed by atoms with E-state index in [0.717, 1.165) is 4.47 Å². The van der Waals surface area contributed by atoms with Crippen molar-refractivity contribution in [3.63, 3.8) is 0 Å². The van der Waals surface area contributed by atoms with E-state index in [0.29, 0.717) is 4.47 Å². The zero-order chi connectivity index (χ0) is 10.1. The number of rotatable bonds is 2. The SMILES string of the molecule is O=P(O)(O)Oc1ccc(Br)cc1Br. The summed E-state index contributed by atoms with van der Waals surface area (Å²) in [5.74, 6) is 0.108. The van der Waals surface area contributed by atoms with Gasteiger partial charge >= 0.3 is 7.82 Å². The summed E-state index contributed by atoms with van der Waals surface area (Å²) in [5, 5.41) is 0. The molecule has 1 aromatic rings. The lowest BCUT2D eigenvalue weighted by Gasteiger charge is -2.08. The number of phosphoric ester groups is 1. The van der Waals surface area contributed by atoms with Crippen molar-refractivity contribution in [1.29, 1.82) is 0 Å². The smallest absolute Gasteiger partial charge is 0.403 e. The molecule has 0 aromatic heterocycles. The van der Waals surface area contributed by atoms with Gasteiger partial charge in [-0.2, -0.15) is 0 Å². The molecule has 4 nitrogen and oxygen atoms in total. The third kappa shape index (κ3) is 3.79. The topological polar surface area (TPSA) is 66.8 Å². The van der Waals surface area contributed by atoms with E-state index >= 15 is 0 Å². The van der Waals surface area contributed by atoms with Crippen molar-refractivity contribution in [2.45, 2.75) is 0 Å². The van der Waals surface area contributed by atoms with E-state index in [1.165, 1.54) is 6.07 Å². The standard InChI is InChI=1S/C6H5Br2O4P/c7-4-1-2-6(5(8)3-4)12-13(9,10)11/h1-3H,(H2,9,10,11). The molecule has 1 rings (SSSR count). The first-order valence-electron chi connectivity index (χ1n) is 3.09. The Morgan fingerprint density at radius 3 is 2.38 bits per heavy atom. The number of benzene rings is 1. The fraction of sp³-hybridized carbons (Fsp3) is 0. The van der Waals surface area contributed by atoms with Gasteiger partial charge in [-0.1, -0.05) is 15.9 Å². The molecule has 0 saturated carbocycles. The van der Waals surface area contributed by atoms with Crippen molar-refractivity contribution in [3.05, 3.63) is 27.1 Å². The molecule has 0 spiro atoms. The second-order valence-corrected chi connectivity index (χ2v) is 5.09. The second-order valence-electron chi connectivity index (χ2n) is 2.16. The molecule has 0 aliphatic heterocycles. The lowest BCUT2D eigenvalue weighted by atomic mass is 10.3. The number of hydrogen-bond donors (Lipinski definition) is 2. The van der Waals surface area contributed by atoms with Gasteiger partial charge in [-0.3, -0.25) is 9.79 Å². The third-order valence-corrected chi connectivity index (χ3v) is 2.66. The summed E-state index contributed by atoms with van der Waals surface area (Å²) in [7, 11) is -4.47. The summed E-state index contributed by atoms with van der Waals surface area (Å²) in [6.07, 6.45) is 0. The maximum absolute atomic E-state index is 10.5. The molecule has 13 heavy (non-hydrogen) atoms. The van der Waals surface area contributed by atoms with Crippen LogP contribution in [0.1, 0.15) is 0 Å². The van der Waals surface area contributed by atoms with Crippen molar-refractivity contribution >= 4 is 39.7 Å². The summed E-state index contributed by atoms with van der Waals surface area (Å²) in [6.45, 7) is 0.